The van der Waals surface area contributed by atoms with Gasteiger partial charge in [-0.2, -0.15) is 0 Å². The minimum absolute atomic E-state index is 0.384. The van der Waals surface area contributed by atoms with Crippen molar-refractivity contribution in [3.8, 4) is 22.3 Å². The van der Waals surface area contributed by atoms with Crippen molar-refractivity contribution in [2.24, 2.45) is 12.8 Å². The lowest BCUT2D eigenvalue weighted by Crippen LogP contribution is -2.17. The Morgan fingerprint density at radius 1 is 1.15 bits per heavy atom. The van der Waals surface area contributed by atoms with Crippen molar-refractivity contribution in [2.75, 3.05) is 6.26 Å². The minimum Gasteiger partial charge on any atom is -0.364 e. The van der Waals surface area contributed by atoms with Crippen LogP contribution >= 0.6 is 11.8 Å². The van der Waals surface area contributed by atoms with Crippen molar-refractivity contribution in [1.82, 2.24) is 4.57 Å². The molecule has 3 aromatic rings. The summed E-state index contributed by atoms with van der Waals surface area (Å²) in [6.45, 7) is 9.59. The van der Waals surface area contributed by atoms with Crippen molar-refractivity contribution >= 4 is 23.4 Å². The highest BCUT2D eigenvalue weighted by atomic mass is 32.2. The molecule has 2 aromatic carbocycles. The van der Waals surface area contributed by atoms with Gasteiger partial charge in [-0.1, -0.05) is 49.4 Å². The molecule has 1 amide bonds. The SMILES string of the molecule is [C-]#[N+]c1c(-c2ccc(-c3ccccc3SC)cc2)c(C(N)=O)n(C)c1CC. The highest BCUT2D eigenvalue weighted by Gasteiger charge is 2.24. The van der Waals surface area contributed by atoms with E-state index >= 15 is 0 Å². The molecule has 3 rings (SSSR count). The maximum Gasteiger partial charge on any atom is 0.264 e. The van der Waals surface area contributed by atoms with E-state index in [0.717, 1.165) is 16.8 Å². The molecule has 1 heterocycles. The molecule has 0 aliphatic carbocycles. The van der Waals surface area contributed by atoms with Crippen LogP contribution in [0.1, 0.15) is 23.1 Å². The van der Waals surface area contributed by atoms with E-state index in [1.807, 2.05) is 43.3 Å². The summed E-state index contributed by atoms with van der Waals surface area (Å²) in [5.74, 6) is -0.520. The third-order valence-electron chi connectivity index (χ3n) is 4.76. The van der Waals surface area contributed by atoms with Crippen LogP contribution in [0.4, 0.5) is 5.69 Å². The number of carbonyl (C=O) groups excluding carboxylic acids is 1. The van der Waals surface area contributed by atoms with Gasteiger partial charge in [0.1, 0.15) is 5.69 Å². The van der Waals surface area contributed by atoms with Crippen molar-refractivity contribution in [1.29, 1.82) is 0 Å². The van der Waals surface area contributed by atoms with Gasteiger partial charge in [-0.3, -0.25) is 4.79 Å². The monoisotopic (exact) mass is 375 g/mol. The molecule has 4 nitrogen and oxygen atoms in total. The fourth-order valence-electron chi connectivity index (χ4n) is 3.50. The van der Waals surface area contributed by atoms with Crippen LogP contribution in [-0.4, -0.2) is 16.7 Å². The number of amides is 1. The summed E-state index contributed by atoms with van der Waals surface area (Å²) in [4.78, 5) is 17.0. The van der Waals surface area contributed by atoms with Crippen LogP contribution in [0.3, 0.4) is 0 Å². The van der Waals surface area contributed by atoms with Gasteiger partial charge in [0.15, 0.2) is 0 Å². The van der Waals surface area contributed by atoms with Gasteiger partial charge in [-0.05, 0) is 35.4 Å². The lowest BCUT2D eigenvalue weighted by Gasteiger charge is -2.09. The fourth-order valence-corrected chi connectivity index (χ4v) is 4.12. The van der Waals surface area contributed by atoms with Crippen molar-refractivity contribution in [3.05, 3.63) is 71.3 Å². The molecule has 5 heteroatoms. The lowest BCUT2D eigenvalue weighted by atomic mass is 9.99. The number of hydrogen-bond acceptors (Lipinski definition) is 2. The zero-order valence-corrected chi connectivity index (χ0v) is 16.4. The Morgan fingerprint density at radius 3 is 2.33 bits per heavy atom. The van der Waals surface area contributed by atoms with Crippen LogP contribution in [-0.2, 0) is 13.5 Å². The van der Waals surface area contributed by atoms with Crippen LogP contribution in [0.25, 0.3) is 27.1 Å². The first-order valence-corrected chi connectivity index (χ1v) is 9.88. The van der Waals surface area contributed by atoms with Gasteiger partial charge in [-0.25, -0.2) is 4.85 Å². The van der Waals surface area contributed by atoms with Gasteiger partial charge < -0.3 is 10.3 Å². The van der Waals surface area contributed by atoms with Gasteiger partial charge in [0, 0.05) is 23.2 Å². The molecule has 0 spiro atoms. The number of nitrogens with zero attached hydrogens (tertiary/aromatic N) is 2. The molecule has 0 aliphatic rings. The summed E-state index contributed by atoms with van der Waals surface area (Å²) in [6.07, 6.45) is 2.72. The predicted octanol–water partition coefficient (Wildman–Crippen LogP) is 5.29. The number of carbonyl (C=O) groups is 1. The summed E-state index contributed by atoms with van der Waals surface area (Å²) in [6, 6.07) is 16.2. The zero-order valence-electron chi connectivity index (χ0n) is 15.6. The van der Waals surface area contributed by atoms with E-state index < -0.39 is 5.91 Å². The van der Waals surface area contributed by atoms with Gasteiger partial charge in [0.05, 0.1) is 6.57 Å². The molecule has 0 saturated heterocycles. The normalized spacial score (nSPS) is 10.6. The van der Waals surface area contributed by atoms with Crippen LogP contribution in [0.5, 0.6) is 0 Å². The molecule has 2 N–H and O–H groups in total. The number of primary amides is 1. The lowest BCUT2D eigenvalue weighted by molar-refractivity contribution is 0.0993. The summed E-state index contributed by atoms with van der Waals surface area (Å²) >= 11 is 1.71. The van der Waals surface area contributed by atoms with E-state index in [1.54, 1.807) is 23.4 Å². The number of hydrogen-bond donors (Lipinski definition) is 1. The van der Waals surface area contributed by atoms with Crippen LogP contribution in [0.2, 0.25) is 0 Å². The number of thioether (sulfide) groups is 1. The Balaban J connectivity index is 2.16. The third kappa shape index (κ3) is 3.24. The maximum absolute atomic E-state index is 12.1. The topological polar surface area (TPSA) is 52.4 Å². The number of nitrogens with two attached hydrogens (primary N) is 1. The number of rotatable bonds is 5. The summed E-state index contributed by atoms with van der Waals surface area (Å²) in [7, 11) is 1.79. The standard InChI is InChI=1S/C22H21N3OS/c1-5-17-20(24-2)19(21(22(23)26)25(17)3)15-12-10-14(11-13-15)16-8-6-7-9-18(16)27-4/h6-13H,5H2,1,3-4H3,(H2,23,26). The molecular formula is C22H21N3OS. The largest absolute Gasteiger partial charge is 0.364 e. The Bertz CT molecular complexity index is 1040. The highest BCUT2D eigenvalue weighted by Crippen LogP contribution is 2.40. The second-order valence-corrected chi connectivity index (χ2v) is 7.03. The van der Waals surface area contributed by atoms with Crippen LogP contribution in [0, 0.1) is 6.57 Å². The Labute approximate surface area is 163 Å². The smallest absolute Gasteiger partial charge is 0.264 e. The van der Waals surface area contributed by atoms with E-state index in [2.05, 4.69) is 23.2 Å². The van der Waals surface area contributed by atoms with Crippen LogP contribution in [0.15, 0.2) is 53.4 Å². The molecule has 27 heavy (non-hydrogen) atoms. The first-order chi connectivity index (χ1) is 13.0. The molecular weight excluding hydrogens is 354 g/mol. The minimum atomic E-state index is -0.520. The second-order valence-electron chi connectivity index (χ2n) is 6.19. The summed E-state index contributed by atoms with van der Waals surface area (Å²) in [5, 5.41) is 0. The summed E-state index contributed by atoms with van der Waals surface area (Å²) in [5.41, 5.74) is 11.1. The zero-order chi connectivity index (χ0) is 19.6. The number of benzene rings is 2. The van der Waals surface area contributed by atoms with Crippen molar-refractivity contribution in [3.63, 3.8) is 0 Å². The molecule has 0 bridgehead atoms. The molecule has 136 valence electrons. The van der Waals surface area contributed by atoms with E-state index in [0.29, 0.717) is 23.4 Å². The molecule has 0 unspecified atom stereocenters. The quantitative estimate of drug-likeness (QED) is 0.486. The van der Waals surface area contributed by atoms with Crippen molar-refractivity contribution in [2.45, 2.75) is 18.2 Å². The molecule has 0 saturated carbocycles. The van der Waals surface area contributed by atoms with Crippen molar-refractivity contribution < 1.29 is 4.79 Å². The molecule has 1 aromatic heterocycles. The van der Waals surface area contributed by atoms with E-state index in [4.69, 9.17) is 12.3 Å². The van der Waals surface area contributed by atoms with Gasteiger partial charge in [0.25, 0.3) is 5.91 Å². The molecule has 0 fully saturated rings. The average Bonchev–Trinajstić information content (AvgIpc) is 2.99. The van der Waals surface area contributed by atoms with E-state index in [9.17, 15) is 4.79 Å². The predicted molar refractivity (Wildman–Crippen MR) is 112 cm³/mol. The highest BCUT2D eigenvalue weighted by molar-refractivity contribution is 7.98. The van der Waals surface area contributed by atoms with Gasteiger partial charge >= 0.3 is 0 Å². The average molecular weight is 375 g/mol. The summed E-state index contributed by atoms with van der Waals surface area (Å²) < 4.78 is 1.75. The Kier molecular flexibility index (Phi) is 5.38. The maximum atomic E-state index is 12.1. The first kappa shape index (κ1) is 18.8. The second kappa shape index (κ2) is 7.73. The Hall–Kier alpha value is -2.97. The van der Waals surface area contributed by atoms with Gasteiger partial charge in [-0.15, -0.1) is 11.8 Å². The van der Waals surface area contributed by atoms with Crippen LogP contribution < -0.4 is 5.73 Å². The van der Waals surface area contributed by atoms with Gasteiger partial charge in [0.2, 0.25) is 5.69 Å². The first-order valence-electron chi connectivity index (χ1n) is 8.66. The van der Waals surface area contributed by atoms with E-state index in [-0.39, 0.29) is 0 Å². The molecule has 0 atom stereocenters. The molecule has 0 radical (unpaired) electrons. The number of aromatic nitrogens is 1. The van der Waals surface area contributed by atoms with E-state index in [1.165, 1.54) is 10.5 Å². The molecule has 0 aliphatic heterocycles. The fraction of sp³-hybridized carbons (Fsp3) is 0.182. The Morgan fingerprint density at radius 2 is 1.78 bits per heavy atom. The third-order valence-corrected chi connectivity index (χ3v) is 5.55.